The molecular formula is C13H14N4O4S. The van der Waals surface area contributed by atoms with E-state index in [1.807, 2.05) is 0 Å². The second-order valence-electron chi connectivity index (χ2n) is 4.89. The Morgan fingerprint density at radius 2 is 2.18 bits per heavy atom. The zero-order valence-corrected chi connectivity index (χ0v) is 12.8. The van der Waals surface area contributed by atoms with Crippen molar-refractivity contribution in [2.75, 3.05) is 20.7 Å². The third kappa shape index (κ3) is 2.34. The summed E-state index contributed by atoms with van der Waals surface area (Å²) < 4.78 is 32.9. The summed E-state index contributed by atoms with van der Waals surface area (Å²) >= 11 is 0. The molecule has 0 atom stereocenters. The van der Waals surface area contributed by atoms with Gasteiger partial charge in [-0.05, 0) is 18.2 Å². The van der Waals surface area contributed by atoms with Crippen molar-refractivity contribution < 1.29 is 17.9 Å². The Kier molecular flexibility index (Phi) is 3.38. The van der Waals surface area contributed by atoms with Crippen molar-refractivity contribution in [3.63, 3.8) is 0 Å². The van der Waals surface area contributed by atoms with E-state index in [1.165, 1.54) is 26.6 Å². The van der Waals surface area contributed by atoms with Crippen LogP contribution in [-0.2, 0) is 14.9 Å². The molecule has 0 saturated heterocycles. The van der Waals surface area contributed by atoms with Crippen molar-refractivity contribution in [3.8, 4) is 0 Å². The highest BCUT2D eigenvalue weighted by atomic mass is 32.2. The molecule has 8 nitrogen and oxygen atoms in total. The van der Waals surface area contributed by atoms with Crippen LogP contribution in [-0.4, -0.2) is 52.9 Å². The maximum atomic E-state index is 12.0. The molecule has 9 heteroatoms. The van der Waals surface area contributed by atoms with E-state index in [9.17, 15) is 13.2 Å². The molecule has 22 heavy (non-hydrogen) atoms. The van der Waals surface area contributed by atoms with E-state index >= 15 is 0 Å². The SMILES string of the molecule is CN(C)S(=O)(=O)n1cnc(/C=C2/COC(=O)c3cccn32)c1. The van der Waals surface area contributed by atoms with Gasteiger partial charge >= 0.3 is 16.2 Å². The largest absolute Gasteiger partial charge is 0.455 e. The van der Waals surface area contributed by atoms with E-state index in [4.69, 9.17) is 4.74 Å². The van der Waals surface area contributed by atoms with Gasteiger partial charge in [-0.2, -0.15) is 12.7 Å². The molecule has 0 unspecified atom stereocenters. The van der Waals surface area contributed by atoms with Crippen LogP contribution in [0.2, 0.25) is 0 Å². The smallest absolute Gasteiger partial charge is 0.355 e. The number of imidazole rings is 1. The van der Waals surface area contributed by atoms with Gasteiger partial charge in [0.25, 0.3) is 0 Å². The topological polar surface area (TPSA) is 86.4 Å². The summed E-state index contributed by atoms with van der Waals surface area (Å²) in [6.07, 6.45) is 6.06. The molecule has 0 radical (unpaired) electrons. The third-order valence-electron chi connectivity index (χ3n) is 3.24. The van der Waals surface area contributed by atoms with Crippen LogP contribution < -0.4 is 0 Å². The summed E-state index contributed by atoms with van der Waals surface area (Å²) in [6.45, 7) is 0.105. The van der Waals surface area contributed by atoms with Gasteiger partial charge in [0.05, 0.1) is 11.4 Å². The van der Waals surface area contributed by atoms with Crippen LogP contribution in [0.5, 0.6) is 0 Å². The summed E-state index contributed by atoms with van der Waals surface area (Å²) in [5.74, 6) is -0.386. The fraction of sp³-hybridized carbons (Fsp3) is 0.231. The number of cyclic esters (lactones) is 1. The number of hydrogen-bond donors (Lipinski definition) is 0. The number of nitrogens with zero attached hydrogens (tertiary/aromatic N) is 4. The normalized spacial score (nSPS) is 16.9. The fourth-order valence-electron chi connectivity index (χ4n) is 2.07. The molecule has 0 N–H and O–H groups in total. The van der Waals surface area contributed by atoms with E-state index in [1.54, 1.807) is 29.0 Å². The van der Waals surface area contributed by atoms with Crippen molar-refractivity contribution in [3.05, 3.63) is 42.2 Å². The van der Waals surface area contributed by atoms with Crippen molar-refractivity contribution in [2.24, 2.45) is 0 Å². The second kappa shape index (κ2) is 5.11. The van der Waals surface area contributed by atoms with Crippen LogP contribution in [0.1, 0.15) is 16.2 Å². The van der Waals surface area contributed by atoms with E-state index in [0.717, 1.165) is 8.28 Å². The summed E-state index contributed by atoms with van der Waals surface area (Å²) in [7, 11) is -0.700. The van der Waals surface area contributed by atoms with Crippen LogP contribution in [0.25, 0.3) is 11.8 Å². The number of esters is 1. The Bertz CT molecular complexity index is 860. The van der Waals surface area contributed by atoms with Crippen molar-refractivity contribution in [1.29, 1.82) is 0 Å². The highest BCUT2D eigenvalue weighted by Crippen LogP contribution is 2.20. The van der Waals surface area contributed by atoms with Gasteiger partial charge < -0.3 is 9.30 Å². The standard InChI is InChI=1S/C13H14N4O4S/c1-15(2)22(19,20)16-7-10(14-9-16)6-11-8-21-13(18)12-4-3-5-17(11)12/h3-7,9H,8H2,1-2H3/b11-6-. The molecule has 0 saturated carbocycles. The molecule has 0 aliphatic carbocycles. The number of carbonyl (C=O) groups excluding carboxylic acids is 1. The minimum absolute atomic E-state index is 0.105. The summed E-state index contributed by atoms with van der Waals surface area (Å²) in [5.41, 5.74) is 1.59. The van der Waals surface area contributed by atoms with Crippen LogP contribution in [0.15, 0.2) is 30.9 Å². The third-order valence-corrected chi connectivity index (χ3v) is 4.90. The molecule has 116 valence electrons. The summed E-state index contributed by atoms with van der Waals surface area (Å²) in [5, 5.41) is 0. The first kappa shape index (κ1) is 14.5. The predicted octanol–water partition coefficient (Wildman–Crippen LogP) is 0.508. The first-order valence-corrected chi connectivity index (χ1v) is 7.82. The lowest BCUT2D eigenvalue weighted by Crippen LogP contribution is -2.27. The van der Waals surface area contributed by atoms with E-state index in [-0.39, 0.29) is 12.6 Å². The predicted molar refractivity (Wildman–Crippen MR) is 79.1 cm³/mol. The number of aromatic nitrogens is 3. The fourth-order valence-corrected chi connectivity index (χ4v) is 2.86. The van der Waals surface area contributed by atoms with Crippen molar-refractivity contribution in [2.45, 2.75) is 0 Å². The maximum absolute atomic E-state index is 12.0. The van der Waals surface area contributed by atoms with Gasteiger partial charge in [-0.3, -0.25) is 0 Å². The monoisotopic (exact) mass is 322 g/mol. The average Bonchev–Trinajstić information content (AvgIpc) is 3.11. The molecular weight excluding hydrogens is 308 g/mol. The Balaban J connectivity index is 1.97. The second-order valence-corrected chi connectivity index (χ2v) is 6.94. The van der Waals surface area contributed by atoms with Gasteiger partial charge in [0.15, 0.2) is 0 Å². The quantitative estimate of drug-likeness (QED) is 0.768. The first-order chi connectivity index (χ1) is 10.4. The van der Waals surface area contributed by atoms with Gasteiger partial charge in [0, 0.05) is 26.5 Å². The van der Waals surface area contributed by atoms with Gasteiger partial charge in [0.2, 0.25) is 0 Å². The number of rotatable bonds is 3. The highest BCUT2D eigenvalue weighted by molar-refractivity contribution is 7.87. The van der Waals surface area contributed by atoms with Crippen LogP contribution >= 0.6 is 0 Å². The Morgan fingerprint density at radius 1 is 1.41 bits per heavy atom. The number of fused-ring (bicyclic) bond motifs is 1. The molecule has 2 aromatic rings. The molecule has 2 aromatic heterocycles. The van der Waals surface area contributed by atoms with Crippen LogP contribution in [0.4, 0.5) is 0 Å². The van der Waals surface area contributed by atoms with Crippen molar-refractivity contribution in [1.82, 2.24) is 17.8 Å². The van der Waals surface area contributed by atoms with Gasteiger partial charge in [0.1, 0.15) is 18.6 Å². The molecule has 0 spiro atoms. The molecule has 3 rings (SSSR count). The zero-order chi connectivity index (χ0) is 15.9. The van der Waals surface area contributed by atoms with Gasteiger partial charge in [-0.1, -0.05) is 0 Å². The molecule has 0 bridgehead atoms. The minimum Gasteiger partial charge on any atom is -0.455 e. The molecule has 0 fully saturated rings. The average molecular weight is 322 g/mol. The maximum Gasteiger partial charge on any atom is 0.355 e. The minimum atomic E-state index is -3.59. The number of carbonyl (C=O) groups is 1. The zero-order valence-electron chi connectivity index (χ0n) is 12.0. The molecule has 0 aromatic carbocycles. The van der Waals surface area contributed by atoms with Crippen LogP contribution in [0, 0.1) is 0 Å². The Morgan fingerprint density at radius 3 is 2.91 bits per heavy atom. The molecule has 0 amide bonds. The van der Waals surface area contributed by atoms with Gasteiger partial charge in [-0.25, -0.2) is 13.8 Å². The highest BCUT2D eigenvalue weighted by Gasteiger charge is 2.22. The van der Waals surface area contributed by atoms with E-state index in [2.05, 4.69) is 4.98 Å². The Labute approximate surface area is 127 Å². The lowest BCUT2D eigenvalue weighted by molar-refractivity contribution is 0.0520. The van der Waals surface area contributed by atoms with E-state index in [0.29, 0.717) is 17.1 Å². The molecule has 3 heterocycles. The summed E-state index contributed by atoms with van der Waals surface area (Å²) in [4.78, 5) is 15.6. The van der Waals surface area contributed by atoms with E-state index < -0.39 is 10.2 Å². The molecule has 1 aliphatic rings. The van der Waals surface area contributed by atoms with Crippen LogP contribution in [0.3, 0.4) is 0 Å². The lowest BCUT2D eigenvalue weighted by Gasteiger charge is -2.18. The van der Waals surface area contributed by atoms with Crippen molar-refractivity contribution >= 4 is 28.0 Å². The Hall–Kier alpha value is -2.39. The number of ether oxygens (including phenoxy) is 1. The lowest BCUT2D eigenvalue weighted by atomic mass is 10.3. The van der Waals surface area contributed by atoms with Gasteiger partial charge in [-0.15, -0.1) is 0 Å². The molecule has 1 aliphatic heterocycles. The summed E-state index contributed by atoms with van der Waals surface area (Å²) in [6, 6.07) is 3.40. The first-order valence-electron chi connectivity index (χ1n) is 6.42. The number of hydrogen-bond acceptors (Lipinski definition) is 5.